The normalized spacial score (nSPS) is 16.0. The average molecular weight is 319 g/mol. The molecule has 2 heterocycles. The average Bonchev–Trinajstić information content (AvgIpc) is 3.05. The Labute approximate surface area is 139 Å². The Balaban J connectivity index is 1.79. The van der Waals surface area contributed by atoms with Crippen LogP contribution < -0.4 is 16.2 Å². The molecule has 0 radical (unpaired) electrons. The van der Waals surface area contributed by atoms with Gasteiger partial charge in [0.2, 0.25) is 5.91 Å². The molecule has 1 aliphatic heterocycles. The minimum atomic E-state index is -0.479. The molecule has 0 fully saturated rings. The number of fused-ring (bicyclic) bond motifs is 3. The number of hydrogen-bond donors (Lipinski definition) is 2. The van der Waals surface area contributed by atoms with Gasteiger partial charge in [-0.15, -0.1) is 0 Å². The fourth-order valence-electron chi connectivity index (χ4n) is 3.19. The predicted molar refractivity (Wildman–Crippen MR) is 92.9 cm³/mol. The van der Waals surface area contributed by atoms with Gasteiger partial charge in [0.05, 0.1) is 5.56 Å². The summed E-state index contributed by atoms with van der Waals surface area (Å²) in [7, 11) is 0. The van der Waals surface area contributed by atoms with Gasteiger partial charge in [-0.1, -0.05) is 18.2 Å². The smallest absolute Gasteiger partial charge is 0.250 e. The third-order valence-corrected chi connectivity index (χ3v) is 4.43. The molecule has 1 aromatic heterocycles. The Morgan fingerprint density at radius 3 is 2.83 bits per heavy atom. The molecule has 1 unspecified atom stereocenters. The Kier molecular flexibility index (Phi) is 3.43. The number of hydrogen-bond acceptors (Lipinski definition) is 4. The second kappa shape index (κ2) is 5.62. The molecule has 1 amide bonds. The zero-order valence-electron chi connectivity index (χ0n) is 13.0. The van der Waals surface area contributed by atoms with Gasteiger partial charge in [0, 0.05) is 36.5 Å². The first-order valence-electron chi connectivity index (χ1n) is 7.83. The molecule has 2 aromatic carbocycles. The van der Waals surface area contributed by atoms with Crippen molar-refractivity contribution < 1.29 is 9.53 Å². The second-order valence-corrected chi connectivity index (χ2v) is 5.98. The molecule has 0 saturated heterocycles. The SMILES string of the molecule is NCC1Cc2c(ccc3cc(-c4cncc(C(N)=O)c4)ccc23)O1. The van der Waals surface area contributed by atoms with Gasteiger partial charge < -0.3 is 16.2 Å². The first kappa shape index (κ1) is 14.7. The van der Waals surface area contributed by atoms with Crippen molar-refractivity contribution in [3.05, 3.63) is 59.9 Å². The van der Waals surface area contributed by atoms with E-state index in [0.717, 1.165) is 28.7 Å². The van der Waals surface area contributed by atoms with Crippen LogP contribution in [0.15, 0.2) is 48.8 Å². The number of nitrogens with zero attached hydrogens (tertiary/aromatic N) is 1. The van der Waals surface area contributed by atoms with Crippen LogP contribution in [-0.4, -0.2) is 23.5 Å². The van der Waals surface area contributed by atoms with E-state index in [1.807, 2.05) is 18.2 Å². The summed E-state index contributed by atoms with van der Waals surface area (Å²) < 4.78 is 5.83. The van der Waals surface area contributed by atoms with E-state index < -0.39 is 5.91 Å². The molecule has 0 aliphatic carbocycles. The van der Waals surface area contributed by atoms with Crippen molar-refractivity contribution in [2.24, 2.45) is 11.5 Å². The van der Waals surface area contributed by atoms with Gasteiger partial charge in [0.1, 0.15) is 11.9 Å². The van der Waals surface area contributed by atoms with Gasteiger partial charge in [-0.25, -0.2) is 0 Å². The largest absolute Gasteiger partial charge is 0.488 e. The van der Waals surface area contributed by atoms with Gasteiger partial charge in [-0.2, -0.15) is 0 Å². The van der Waals surface area contributed by atoms with Crippen LogP contribution in [0.5, 0.6) is 5.75 Å². The molecule has 5 nitrogen and oxygen atoms in total. The summed E-state index contributed by atoms with van der Waals surface area (Å²) in [4.78, 5) is 15.4. The van der Waals surface area contributed by atoms with Gasteiger partial charge in [0.25, 0.3) is 0 Å². The molecule has 0 spiro atoms. The van der Waals surface area contributed by atoms with Crippen molar-refractivity contribution in [2.45, 2.75) is 12.5 Å². The van der Waals surface area contributed by atoms with Crippen LogP contribution in [0.1, 0.15) is 15.9 Å². The van der Waals surface area contributed by atoms with Crippen LogP contribution >= 0.6 is 0 Å². The minimum absolute atomic E-state index is 0.0572. The van der Waals surface area contributed by atoms with Crippen molar-refractivity contribution in [2.75, 3.05) is 6.54 Å². The number of pyridine rings is 1. The number of nitrogens with two attached hydrogens (primary N) is 2. The molecule has 120 valence electrons. The summed E-state index contributed by atoms with van der Waals surface area (Å²) in [6.07, 6.45) is 4.10. The lowest BCUT2D eigenvalue weighted by atomic mass is 9.97. The Morgan fingerprint density at radius 1 is 1.17 bits per heavy atom. The van der Waals surface area contributed by atoms with E-state index in [0.29, 0.717) is 12.1 Å². The zero-order chi connectivity index (χ0) is 16.7. The highest BCUT2D eigenvalue weighted by Crippen LogP contribution is 2.36. The molecule has 1 aliphatic rings. The standard InChI is InChI=1S/C19H17N3O2/c20-8-15-7-17-16-3-1-11(5-12(16)2-4-18(17)24-15)13-6-14(19(21)23)10-22-9-13/h1-6,9-10,15H,7-8,20H2,(H2,21,23). The lowest BCUT2D eigenvalue weighted by Crippen LogP contribution is -2.24. The minimum Gasteiger partial charge on any atom is -0.488 e. The van der Waals surface area contributed by atoms with E-state index in [2.05, 4.69) is 17.1 Å². The quantitative estimate of drug-likeness (QED) is 0.774. The number of benzene rings is 2. The number of amides is 1. The third-order valence-electron chi connectivity index (χ3n) is 4.43. The molecule has 4 N–H and O–H groups in total. The predicted octanol–water partition coefficient (Wildman–Crippen LogP) is 2.26. The summed E-state index contributed by atoms with van der Waals surface area (Å²) in [5, 5.41) is 2.29. The number of aromatic nitrogens is 1. The van der Waals surface area contributed by atoms with E-state index in [-0.39, 0.29) is 6.10 Å². The van der Waals surface area contributed by atoms with E-state index >= 15 is 0 Å². The van der Waals surface area contributed by atoms with Crippen molar-refractivity contribution in [3.8, 4) is 16.9 Å². The number of ether oxygens (including phenoxy) is 1. The van der Waals surface area contributed by atoms with Gasteiger partial charge >= 0.3 is 0 Å². The summed E-state index contributed by atoms with van der Waals surface area (Å²) >= 11 is 0. The van der Waals surface area contributed by atoms with Crippen LogP contribution in [-0.2, 0) is 6.42 Å². The third kappa shape index (κ3) is 2.39. The molecular weight excluding hydrogens is 302 g/mol. The molecule has 24 heavy (non-hydrogen) atoms. The maximum Gasteiger partial charge on any atom is 0.250 e. The topological polar surface area (TPSA) is 91.2 Å². The first-order chi connectivity index (χ1) is 11.7. The number of carbonyl (C=O) groups excluding carboxylic acids is 1. The number of primary amides is 1. The number of rotatable bonds is 3. The fourth-order valence-corrected chi connectivity index (χ4v) is 3.19. The highest BCUT2D eigenvalue weighted by Gasteiger charge is 2.23. The van der Waals surface area contributed by atoms with Crippen molar-refractivity contribution in [1.29, 1.82) is 0 Å². The van der Waals surface area contributed by atoms with Gasteiger partial charge in [-0.3, -0.25) is 9.78 Å². The van der Waals surface area contributed by atoms with Crippen LogP contribution in [0.2, 0.25) is 0 Å². The monoisotopic (exact) mass is 319 g/mol. The lowest BCUT2D eigenvalue weighted by molar-refractivity contribution is 0.1000. The maximum atomic E-state index is 11.3. The van der Waals surface area contributed by atoms with Crippen LogP contribution in [0.3, 0.4) is 0 Å². The first-order valence-corrected chi connectivity index (χ1v) is 7.83. The fraction of sp³-hybridized carbons (Fsp3) is 0.158. The Morgan fingerprint density at radius 2 is 2.04 bits per heavy atom. The molecule has 1 atom stereocenters. The van der Waals surface area contributed by atoms with Crippen LogP contribution in [0, 0.1) is 0 Å². The van der Waals surface area contributed by atoms with E-state index in [9.17, 15) is 4.79 Å². The summed E-state index contributed by atoms with van der Waals surface area (Å²) in [5.74, 6) is 0.441. The van der Waals surface area contributed by atoms with Crippen molar-refractivity contribution in [1.82, 2.24) is 4.98 Å². The van der Waals surface area contributed by atoms with Crippen LogP contribution in [0.25, 0.3) is 21.9 Å². The highest BCUT2D eigenvalue weighted by atomic mass is 16.5. The second-order valence-electron chi connectivity index (χ2n) is 5.98. The van der Waals surface area contributed by atoms with Gasteiger partial charge in [-0.05, 0) is 34.5 Å². The summed E-state index contributed by atoms with van der Waals surface area (Å²) in [6, 6.07) is 12.0. The Bertz CT molecular complexity index is 952. The molecule has 4 rings (SSSR count). The highest BCUT2D eigenvalue weighted by molar-refractivity contribution is 5.95. The maximum absolute atomic E-state index is 11.3. The molecule has 0 bridgehead atoms. The molecular formula is C19H17N3O2. The summed E-state index contributed by atoms with van der Waals surface area (Å²) in [6.45, 7) is 0.514. The molecule has 5 heteroatoms. The number of carbonyl (C=O) groups is 1. The van der Waals surface area contributed by atoms with Crippen LogP contribution in [0.4, 0.5) is 0 Å². The van der Waals surface area contributed by atoms with Crippen molar-refractivity contribution >= 4 is 16.7 Å². The molecule has 3 aromatic rings. The van der Waals surface area contributed by atoms with Gasteiger partial charge in [0.15, 0.2) is 0 Å². The summed E-state index contributed by atoms with van der Waals surface area (Å²) in [5.41, 5.74) is 14.5. The van der Waals surface area contributed by atoms with Crippen molar-refractivity contribution in [3.63, 3.8) is 0 Å². The lowest BCUT2D eigenvalue weighted by Gasteiger charge is -2.08. The zero-order valence-corrected chi connectivity index (χ0v) is 13.0. The Hall–Kier alpha value is -2.92. The van der Waals surface area contributed by atoms with E-state index in [1.165, 1.54) is 17.1 Å². The van der Waals surface area contributed by atoms with E-state index in [4.69, 9.17) is 16.2 Å². The molecule has 0 saturated carbocycles. The van der Waals surface area contributed by atoms with E-state index in [1.54, 1.807) is 12.3 Å².